The molecule has 1 saturated heterocycles. The Morgan fingerprint density at radius 2 is 2.17 bits per heavy atom. The summed E-state index contributed by atoms with van der Waals surface area (Å²) in [5.74, 6) is 0.573. The van der Waals surface area contributed by atoms with Crippen LogP contribution >= 0.6 is 11.8 Å². The van der Waals surface area contributed by atoms with E-state index in [4.69, 9.17) is 5.73 Å². The van der Waals surface area contributed by atoms with Gasteiger partial charge in [-0.1, -0.05) is 11.8 Å². The maximum atomic E-state index is 12.0. The van der Waals surface area contributed by atoms with Gasteiger partial charge in [-0.15, -0.1) is 0 Å². The van der Waals surface area contributed by atoms with Gasteiger partial charge >= 0.3 is 0 Å². The van der Waals surface area contributed by atoms with Gasteiger partial charge in [-0.25, -0.2) is 4.98 Å². The lowest BCUT2D eigenvalue weighted by atomic mass is 10.3. The quantitative estimate of drug-likeness (QED) is 0.809. The molecule has 98 valence electrons. The zero-order valence-electron chi connectivity index (χ0n) is 10.5. The minimum atomic E-state index is 0.165. The summed E-state index contributed by atoms with van der Waals surface area (Å²) in [6.07, 6.45) is 1.69. The molecule has 1 amide bonds. The SMILES string of the molecule is CN1CCN(C(=O)CSc2ncccc2N)CC1. The molecule has 0 bridgehead atoms. The Balaban J connectivity index is 1.83. The highest BCUT2D eigenvalue weighted by Gasteiger charge is 2.19. The van der Waals surface area contributed by atoms with Crippen LogP contribution in [-0.2, 0) is 4.79 Å². The van der Waals surface area contributed by atoms with E-state index < -0.39 is 0 Å². The number of pyridine rings is 1. The Bertz CT molecular complexity index is 418. The van der Waals surface area contributed by atoms with Gasteiger partial charge in [0.1, 0.15) is 5.03 Å². The van der Waals surface area contributed by atoms with Gasteiger partial charge in [-0.05, 0) is 19.2 Å². The van der Waals surface area contributed by atoms with Gasteiger partial charge < -0.3 is 15.5 Å². The molecule has 5 nitrogen and oxygen atoms in total. The van der Waals surface area contributed by atoms with Gasteiger partial charge in [0.25, 0.3) is 0 Å². The second-order valence-electron chi connectivity index (χ2n) is 4.37. The number of carbonyl (C=O) groups is 1. The first-order chi connectivity index (χ1) is 8.66. The molecule has 1 aromatic heterocycles. The highest BCUT2D eigenvalue weighted by atomic mass is 32.2. The fraction of sp³-hybridized carbons (Fsp3) is 0.500. The highest BCUT2D eigenvalue weighted by molar-refractivity contribution is 8.00. The van der Waals surface area contributed by atoms with Crippen LogP contribution in [0.5, 0.6) is 0 Å². The zero-order valence-corrected chi connectivity index (χ0v) is 11.3. The number of thioether (sulfide) groups is 1. The molecule has 1 aromatic rings. The molecule has 0 radical (unpaired) electrons. The number of nitrogen functional groups attached to an aromatic ring is 1. The Labute approximate surface area is 111 Å². The zero-order chi connectivity index (χ0) is 13.0. The average molecular weight is 266 g/mol. The van der Waals surface area contributed by atoms with E-state index in [1.165, 1.54) is 11.8 Å². The van der Waals surface area contributed by atoms with Crippen molar-refractivity contribution in [3.63, 3.8) is 0 Å². The molecule has 2 N–H and O–H groups in total. The Morgan fingerprint density at radius 3 is 2.83 bits per heavy atom. The summed E-state index contributed by atoms with van der Waals surface area (Å²) in [7, 11) is 2.07. The van der Waals surface area contributed by atoms with Gasteiger partial charge in [0, 0.05) is 32.4 Å². The summed E-state index contributed by atoms with van der Waals surface area (Å²) >= 11 is 1.41. The minimum Gasteiger partial charge on any atom is -0.397 e. The second kappa shape index (κ2) is 6.06. The molecule has 18 heavy (non-hydrogen) atoms. The number of aromatic nitrogens is 1. The third kappa shape index (κ3) is 3.36. The maximum absolute atomic E-state index is 12.0. The fourth-order valence-electron chi connectivity index (χ4n) is 1.80. The number of hydrogen-bond donors (Lipinski definition) is 1. The molecule has 1 fully saturated rings. The van der Waals surface area contributed by atoms with Crippen LogP contribution in [0.25, 0.3) is 0 Å². The first-order valence-corrected chi connectivity index (χ1v) is 6.95. The molecular weight excluding hydrogens is 248 g/mol. The Hall–Kier alpha value is -1.27. The summed E-state index contributed by atoms with van der Waals surface area (Å²) in [4.78, 5) is 20.3. The number of likely N-dealkylation sites (N-methyl/N-ethyl adjacent to an activating group) is 1. The van der Waals surface area contributed by atoms with Crippen LogP contribution in [-0.4, -0.2) is 59.7 Å². The van der Waals surface area contributed by atoms with E-state index >= 15 is 0 Å². The van der Waals surface area contributed by atoms with Crippen LogP contribution in [0.15, 0.2) is 23.4 Å². The lowest BCUT2D eigenvalue weighted by Crippen LogP contribution is -2.47. The summed E-state index contributed by atoms with van der Waals surface area (Å²) in [6, 6.07) is 3.59. The van der Waals surface area contributed by atoms with E-state index in [-0.39, 0.29) is 5.91 Å². The van der Waals surface area contributed by atoms with Gasteiger partial charge in [0.05, 0.1) is 11.4 Å². The number of nitrogens with zero attached hydrogens (tertiary/aromatic N) is 3. The molecule has 2 rings (SSSR count). The van der Waals surface area contributed by atoms with Crippen molar-refractivity contribution in [1.82, 2.24) is 14.8 Å². The van der Waals surface area contributed by atoms with Crippen LogP contribution in [0.4, 0.5) is 5.69 Å². The van der Waals surface area contributed by atoms with Crippen molar-refractivity contribution >= 4 is 23.4 Å². The molecule has 0 aromatic carbocycles. The minimum absolute atomic E-state index is 0.165. The van der Waals surface area contributed by atoms with Gasteiger partial charge in [0.15, 0.2) is 0 Å². The highest BCUT2D eigenvalue weighted by Crippen LogP contribution is 2.21. The second-order valence-corrected chi connectivity index (χ2v) is 5.33. The lowest BCUT2D eigenvalue weighted by molar-refractivity contribution is -0.129. The Morgan fingerprint density at radius 1 is 1.44 bits per heavy atom. The fourth-order valence-corrected chi connectivity index (χ4v) is 2.61. The number of anilines is 1. The van der Waals surface area contributed by atoms with Gasteiger partial charge in [-0.2, -0.15) is 0 Å². The number of amides is 1. The summed E-state index contributed by atoms with van der Waals surface area (Å²) < 4.78 is 0. The smallest absolute Gasteiger partial charge is 0.233 e. The predicted molar refractivity (Wildman–Crippen MR) is 73.5 cm³/mol. The third-order valence-electron chi connectivity index (χ3n) is 2.99. The van der Waals surface area contributed by atoms with Crippen LogP contribution < -0.4 is 5.73 Å². The molecule has 0 atom stereocenters. The maximum Gasteiger partial charge on any atom is 0.233 e. The molecule has 1 aliphatic heterocycles. The van der Waals surface area contributed by atoms with E-state index in [9.17, 15) is 4.79 Å². The van der Waals surface area contributed by atoms with Crippen molar-refractivity contribution in [2.24, 2.45) is 0 Å². The predicted octanol–water partition coefficient (Wildman–Crippen LogP) is 0.530. The number of hydrogen-bond acceptors (Lipinski definition) is 5. The average Bonchev–Trinajstić information content (AvgIpc) is 2.38. The van der Waals surface area contributed by atoms with Crippen molar-refractivity contribution in [2.75, 3.05) is 44.7 Å². The normalized spacial score (nSPS) is 16.8. The van der Waals surface area contributed by atoms with Gasteiger partial charge in [0.2, 0.25) is 5.91 Å². The number of nitrogens with two attached hydrogens (primary N) is 1. The summed E-state index contributed by atoms with van der Waals surface area (Å²) in [6.45, 7) is 3.52. The van der Waals surface area contributed by atoms with E-state index in [1.807, 2.05) is 4.90 Å². The molecule has 0 aliphatic carbocycles. The standard InChI is InChI=1S/C12H18N4OS/c1-15-5-7-16(8-6-15)11(17)9-18-12-10(13)3-2-4-14-12/h2-4H,5-9,13H2,1H3. The first kappa shape index (κ1) is 13.2. The topological polar surface area (TPSA) is 62.5 Å². The largest absolute Gasteiger partial charge is 0.397 e. The monoisotopic (exact) mass is 266 g/mol. The van der Waals surface area contributed by atoms with Crippen molar-refractivity contribution in [3.8, 4) is 0 Å². The van der Waals surface area contributed by atoms with Crippen molar-refractivity contribution in [1.29, 1.82) is 0 Å². The number of rotatable bonds is 3. The molecule has 0 unspecified atom stereocenters. The van der Waals surface area contributed by atoms with E-state index in [0.29, 0.717) is 11.4 Å². The molecule has 6 heteroatoms. The molecule has 2 heterocycles. The van der Waals surface area contributed by atoms with E-state index in [1.54, 1.807) is 18.3 Å². The van der Waals surface area contributed by atoms with Crippen LogP contribution in [0, 0.1) is 0 Å². The van der Waals surface area contributed by atoms with E-state index in [0.717, 1.165) is 31.2 Å². The van der Waals surface area contributed by atoms with Gasteiger partial charge in [-0.3, -0.25) is 4.79 Å². The van der Waals surface area contributed by atoms with E-state index in [2.05, 4.69) is 16.9 Å². The Kier molecular flexibility index (Phi) is 4.43. The molecule has 0 spiro atoms. The lowest BCUT2D eigenvalue weighted by Gasteiger charge is -2.32. The number of carbonyl (C=O) groups excluding carboxylic acids is 1. The number of piperazine rings is 1. The van der Waals surface area contributed by atoms with Crippen LogP contribution in [0.2, 0.25) is 0 Å². The summed E-state index contributed by atoms with van der Waals surface area (Å²) in [5.41, 5.74) is 6.42. The third-order valence-corrected chi connectivity index (χ3v) is 3.99. The summed E-state index contributed by atoms with van der Waals surface area (Å²) in [5, 5.41) is 0.736. The molecular formula is C12H18N4OS. The van der Waals surface area contributed by atoms with Crippen LogP contribution in [0.3, 0.4) is 0 Å². The first-order valence-electron chi connectivity index (χ1n) is 5.96. The molecule has 0 saturated carbocycles. The van der Waals surface area contributed by atoms with Crippen molar-refractivity contribution < 1.29 is 4.79 Å². The van der Waals surface area contributed by atoms with Crippen molar-refractivity contribution in [3.05, 3.63) is 18.3 Å². The van der Waals surface area contributed by atoms with Crippen LogP contribution in [0.1, 0.15) is 0 Å². The molecule has 1 aliphatic rings. The van der Waals surface area contributed by atoms with Crippen molar-refractivity contribution in [2.45, 2.75) is 5.03 Å².